The van der Waals surface area contributed by atoms with Crippen LogP contribution in [-0.2, 0) is 0 Å². The Bertz CT molecular complexity index is 1640. The summed E-state index contributed by atoms with van der Waals surface area (Å²) >= 11 is 0. The quantitative estimate of drug-likeness (QED) is 0.298. The number of fused-ring (bicyclic) bond motifs is 2. The van der Waals surface area contributed by atoms with Crippen LogP contribution in [0.4, 0.5) is 17.2 Å². The minimum atomic E-state index is 0.409. The Morgan fingerprint density at radius 3 is 2.68 bits per heavy atom. The number of benzene rings is 1. The fraction of sp³-hybridized carbons (Fsp3) is 0. The highest BCUT2D eigenvalue weighted by Crippen LogP contribution is 2.23. The first kappa shape index (κ1) is 19.5. The molecule has 0 radical (unpaired) electrons. The fourth-order valence-electron chi connectivity index (χ4n) is 3.50. The first-order valence-electron chi connectivity index (χ1n) is 10.3. The van der Waals surface area contributed by atoms with E-state index in [1.54, 1.807) is 37.1 Å². The molecule has 0 fully saturated rings. The molecule has 5 heterocycles. The highest BCUT2D eigenvalue weighted by atomic mass is 15.1. The molecule has 0 spiro atoms. The van der Waals surface area contributed by atoms with Crippen LogP contribution in [-0.4, -0.2) is 45.3 Å². The molecule has 0 bridgehead atoms. The molecule has 0 aliphatic rings. The molecule has 0 aliphatic carbocycles. The van der Waals surface area contributed by atoms with Crippen molar-refractivity contribution in [1.82, 2.24) is 45.3 Å². The van der Waals surface area contributed by atoms with Crippen molar-refractivity contribution in [2.24, 2.45) is 0 Å². The van der Waals surface area contributed by atoms with Gasteiger partial charge in [0.2, 0.25) is 0 Å². The number of hydrogen-bond acceptors (Lipinski definition) is 9. The zero-order chi connectivity index (χ0) is 22.9. The summed E-state index contributed by atoms with van der Waals surface area (Å²) in [5.74, 6) is 1.45. The zero-order valence-electron chi connectivity index (χ0n) is 17.7. The maximum absolute atomic E-state index is 4.61. The van der Waals surface area contributed by atoms with Crippen LogP contribution < -0.4 is 10.6 Å². The van der Waals surface area contributed by atoms with E-state index >= 15 is 0 Å². The van der Waals surface area contributed by atoms with E-state index in [-0.39, 0.29) is 0 Å². The molecular formula is C23H17N11. The normalized spacial score (nSPS) is 11.1. The van der Waals surface area contributed by atoms with Gasteiger partial charge < -0.3 is 15.6 Å². The number of hydrogen-bond donors (Lipinski definition) is 4. The van der Waals surface area contributed by atoms with Gasteiger partial charge in [-0.2, -0.15) is 15.3 Å². The summed E-state index contributed by atoms with van der Waals surface area (Å²) in [6.45, 7) is 4.09. The van der Waals surface area contributed by atoms with E-state index in [0.29, 0.717) is 28.8 Å². The fourth-order valence-corrected chi connectivity index (χ4v) is 3.50. The van der Waals surface area contributed by atoms with Crippen molar-refractivity contribution >= 4 is 44.8 Å². The van der Waals surface area contributed by atoms with E-state index in [9.17, 15) is 0 Å². The van der Waals surface area contributed by atoms with Crippen molar-refractivity contribution in [2.45, 2.75) is 0 Å². The summed E-state index contributed by atoms with van der Waals surface area (Å²) in [6.07, 6.45) is 8.41. The van der Waals surface area contributed by atoms with Gasteiger partial charge in [0.25, 0.3) is 0 Å². The third kappa shape index (κ3) is 3.77. The average Bonchev–Trinajstić information content (AvgIpc) is 3.51. The molecule has 11 nitrogen and oxygen atoms in total. The van der Waals surface area contributed by atoms with E-state index in [1.807, 2.05) is 30.3 Å². The summed E-state index contributed by atoms with van der Waals surface area (Å²) in [5, 5.41) is 22.9. The van der Waals surface area contributed by atoms with Crippen LogP contribution in [0.3, 0.4) is 0 Å². The van der Waals surface area contributed by atoms with Gasteiger partial charge in [0.05, 0.1) is 41.2 Å². The van der Waals surface area contributed by atoms with Crippen molar-refractivity contribution in [2.75, 3.05) is 10.6 Å². The Labute approximate surface area is 192 Å². The minimum absolute atomic E-state index is 0.409. The van der Waals surface area contributed by atoms with Gasteiger partial charge in [-0.1, -0.05) is 6.58 Å². The number of aromatic nitrogens is 9. The molecule has 6 rings (SSSR count). The van der Waals surface area contributed by atoms with Crippen molar-refractivity contribution in [3.05, 3.63) is 79.7 Å². The van der Waals surface area contributed by atoms with Crippen LogP contribution in [0.25, 0.3) is 39.3 Å². The molecule has 11 heteroatoms. The molecule has 0 saturated carbocycles. The molecule has 164 valence electrons. The number of aromatic amines is 2. The second-order valence-electron chi connectivity index (χ2n) is 7.48. The van der Waals surface area contributed by atoms with E-state index in [2.05, 4.69) is 62.5 Å². The topological polar surface area (TPSA) is 146 Å². The summed E-state index contributed by atoms with van der Waals surface area (Å²) in [4.78, 5) is 21.3. The monoisotopic (exact) mass is 447 g/mol. The predicted octanol–water partition coefficient (Wildman–Crippen LogP) is 3.91. The number of anilines is 3. The van der Waals surface area contributed by atoms with E-state index in [1.165, 1.54) is 0 Å². The van der Waals surface area contributed by atoms with Crippen LogP contribution in [0.15, 0.2) is 74.0 Å². The molecule has 0 atom stereocenters. The average molecular weight is 447 g/mol. The van der Waals surface area contributed by atoms with Crippen molar-refractivity contribution in [3.8, 4) is 11.6 Å². The van der Waals surface area contributed by atoms with Crippen molar-refractivity contribution in [1.29, 1.82) is 0 Å². The van der Waals surface area contributed by atoms with Crippen LogP contribution in [0.2, 0.25) is 0 Å². The smallest absolute Gasteiger partial charge is 0.199 e. The molecule has 0 aliphatic heterocycles. The van der Waals surface area contributed by atoms with Crippen molar-refractivity contribution < 1.29 is 0 Å². The number of nitrogens with zero attached hydrogens (tertiary/aromatic N) is 7. The van der Waals surface area contributed by atoms with Crippen LogP contribution in [0.5, 0.6) is 0 Å². The van der Waals surface area contributed by atoms with Crippen LogP contribution in [0, 0.1) is 0 Å². The highest BCUT2D eigenvalue weighted by molar-refractivity contribution is 5.85. The van der Waals surface area contributed by atoms with Gasteiger partial charge in [-0.3, -0.25) is 5.10 Å². The maximum atomic E-state index is 4.61. The largest absolute Gasteiger partial charge is 0.353 e. The first-order chi connectivity index (χ1) is 16.7. The lowest BCUT2D eigenvalue weighted by atomic mass is 10.2. The van der Waals surface area contributed by atoms with Gasteiger partial charge in [-0.15, -0.1) is 0 Å². The lowest BCUT2D eigenvalue weighted by Crippen LogP contribution is -1.99. The number of rotatable bonds is 6. The Hall–Kier alpha value is -5.19. The van der Waals surface area contributed by atoms with E-state index < -0.39 is 0 Å². The van der Waals surface area contributed by atoms with Gasteiger partial charge in [0.1, 0.15) is 11.5 Å². The molecular weight excluding hydrogens is 430 g/mol. The molecule has 34 heavy (non-hydrogen) atoms. The maximum Gasteiger partial charge on any atom is 0.199 e. The molecule has 0 amide bonds. The molecule has 5 aromatic heterocycles. The molecule has 0 unspecified atom stereocenters. The zero-order valence-corrected chi connectivity index (χ0v) is 17.7. The first-order valence-corrected chi connectivity index (χ1v) is 10.3. The summed E-state index contributed by atoms with van der Waals surface area (Å²) in [5.41, 5.74) is 4.75. The lowest BCUT2D eigenvalue weighted by molar-refractivity contribution is 1.03. The standard InChI is InChI=1S/C23H17N11/c1-13(29-17-4-7-26-27-12-17)19-9-15-10-25-23(33-21(15)31-19)22-24-6-5-20(32-22)30-16-2-3-18-14(8-16)11-28-34-18/h2-12H,1H2,(H,26,29)(H,28,34)(H,24,30,32)(H,25,31,33). The highest BCUT2D eigenvalue weighted by Gasteiger charge is 2.11. The summed E-state index contributed by atoms with van der Waals surface area (Å²) in [6, 6.07) is 11.4. The number of H-pyrrole nitrogens is 2. The van der Waals surface area contributed by atoms with Gasteiger partial charge >= 0.3 is 0 Å². The molecule has 6 aromatic rings. The Morgan fingerprint density at radius 1 is 0.824 bits per heavy atom. The third-order valence-electron chi connectivity index (χ3n) is 5.14. The minimum Gasteiger partial charge on any atom is -0.353 e. The van der Waals surface area contributed by atoms with Crippen molar-refractivity contribution in [3.63, 3.8) is 0 Å². The Balaban J connectivity index is 1.25. The SMILES string of the molecule is C=C(Nc1ccnnc1)c1cc2cnc(-c3nccc(Nc4ccc5[nH]ncc5c4)n3)nc2[nH]1. The molecule has 1 aromatic carbocycles. The second kappa shape index (κ2) is 8.06. The summed E-state index contributed by atoms with van der Waals surface area (Å²) in [7, 11) is 0. The number of nitrogens with one attached hydrogen (secondary N) is 4. The van der Waals surface area contributed by atoms with Crippen LogP contribution in [0.1, 0.15) is 5.69 Å². The second-order valence-corrected chi connectivity index (χ2v) is 7.48. The van der Waals surface area contributed by atoms with Gasteiger partial charge in [0.15, 0.2) is 11.6 Å². The Kier molecular flexibility index (Phi) is 4.62. The van der Waals surface area contributed by atoms with E-state index in [0.717, 1.165) is 33.4 Å². The third-order valence-corrected chi connectivity index (χ3v) is 5.14. The van der Waals surface area contributed by atoms with Gasteiger partial charge in [-0.05, 0) is 36.4 Å². The molecule has 4 N–H and O–H groups in total. The summed E-state index contributed by atoms with van der Waals surface area (Å²) < 4.78 is 0. The Morgan fingerprint density at radius 2 is 1.76 bits per heavy atom. The predicted molar refractivity (Wildman–Crippen MR) is 129 cm³/mol. The van der Waals surface area contributed by atoms with Crippen LogP contribution >= 0.6 is 0 Å². The van der Waals surface area contributed by atoms with Gasteiger partial charge in [-0.25, -0.2) is 19.9 Å². The van der Waals surface area contributed by atoms with E-state index in [4.69, 9.17) is 0 Å². The van der Waals surface area contributed by atoms with Gasteiger partial charge in [0, 0.05) is 28.9 Å². The lowest BCUT2D eigenvalue weighted by Gasteiger charge is -2.07. The molecule has 0 saturated heterocycles.